The van der Waals surface area contributed by atoms with Crippen molar-refractivity contribution in [2.45, 2.75) is 6.42 Å². The van der Waals surface area contributed by atoms with Gasteiger partial charge in [-0.2, -0.15) is 0 Å². The molecule has 0 aliphatic carbocycles. The maximum absolute atomic E-state index is 11.5. The monoisotopic (exact) mass is 387 g/mol. The van der Waals surface area contributed by atoms with Crippen LogP contribution in [0.1, 0.15) is 6.42 Å². The summed E-state index contributed by atoms with van der Waals surface area (Å²) in [7, 11) is -11.1. The zero-order chi connectivity index (χ0) is 15.9. The maximum Gasteiger partial charge on any atom is 1.00 e. The van der Waals surface area contributed by atoms with Crippen LogP contribution in [0.4, 0.5) is 0 Å². The molecule has 0 saturated carbocycles. The summed E-state index contributed by atoms with van der Waals surface area (Å²) < 4.78 is 76.0. The van der Waals surface area contributed by atoms with E-state index >= 15 is 0 Å². The third-order valence-corrected chi connectivity index (χ3v) is 6.06. The Morgan fingerprint density at radius 3 is 1.90 bits per heavy atom. The predicted molar refractivity (Wildman–Crippen MR) is 74.7 cm³/mol. The minimum Gasteiger partial charge on any atom is -0.748 e. The molecule has 0 aliphatic heterocycles. The van der Waals surface area contributed by atoms with Crippen LogP contribution in [0.2, 0.25) is 0 Å². The third kappa shape index (κ3) is 15.8. The summed E-state index contributed by atoms with van der Waals surface area (Å²) in [5.74, 6) is -1.41. The molecule has 0 fully saturated rings. The van der Waals surface area contributed by atoms with Crippen LogP contribution in [0.25, 0.3) is 0 Å². The number of sulfone groups is 2. The standard InChI is InChI=1S/C9H19NO7S3.K/c1-2-18(11,12)6-3-7-19(13,14)8-4-10-5-9-20(15,16)17;/h2,10H,1,3-9H2,(H,15,16,17);/q;+1/p-1. The van der Waals surface area contributed by atoms with Crippen LogP contribution in [0, 0.1) is 0 Å². The Labute approximate surface area is 168 Å². The first-order valence-corrected chi connectivity index (χ1v) is 10.8. The van der Waals surface area contributed by atoms with Crippen LogP contribution in [-0.2, 0) is 29.8 Å². The van der Waals surface area contributed by atoms with Gasteiger partial charge < -0.3 is 9.87 Å². The molecule has 0 bridgehead atoms. The van der Waals surface area contributed by atoms with Gasteiger partial charge in [-0.15, -0.1) is 0 Å². The van der Waals surface area contributed by atoms with Crippen molar-refractivity contribution in [2.24, 2.45) is 0 Å². The van der Waals surface area contributed by atoms with E-state index in [0.29, 0.717) is 0 Å². The number of nitrogens with one attached hydrogen (secondary N) is 1. The van der Waals surface area contributed by atoms with Gasteiger partial charge in [0.1, 0.15) is 0 Å². The molecule has 0 amide bonds. The quantitative estimate of drug-likeness (QED) is 0.213. The molecule has 0 heterocycles. The molecule has 8 nitrogen and oxygen atoms in total. The summed E-state index contributed by atoms with van der Waals surface area (Å²) >= 11 is 0. The first-order chi connectivity index (χ1) is 8.97. The summed E-state index contributed by atoms with van der Waals surface area (Å²) in [6.45, 7) is 3.00. The fourth-order valence-electron chi connectivity index (χ4n) is 1.22. The molecule has 0 saturated heterocycles. The minimum atomic E-state index is -4.31. The molecule has 21 heavy (non-hydrogen) atoms. The molecule has 0 radical (unpaired) electrons. The Kier molecular flexibility index (Phi) is 12.6. The van der Waals surface area contributed by atoms with Crippen LogP contribution >= 0.6 is 0 Å². The van der Waals surface area contributed by atoms with E-state index < -0.39 is 35.5 Å². The molecular weight excluding hydrogens is 369 g/mol. The average molecular weight is 388 g/mol. The van der Waals surface area contributed by atoms with Crippen molar-refractivity contribution in [3.8, 4) is 0 Å². The van der Waals surface area contributed by atoms with E-state index in [2.05, 4.69) is 11.9 Å². The Hall–Kier alpha value is 1.15. The fraction of sp³-hybridized carbons (Fsp3) is 0.778. The van der Waals surface area contributed by atoms with Crippen molar-refractivity contribution in [1.82, 2.24) is 5.32 Å². The average Bonchev–Trinajstić information content (AvgIpc) is 2.26. The first kappa shape index (κ1) is 24.4. The van der Waals surface area contributed by atoms with Gasteiger partial charge in [0, 0.05) is 18.5 Å². The van der Waals surface area contributed by atoms with Crippen LogP contribution in [0.5, 0.6) is 0 Å². The van der Waals surface area contributed by atoms with Gasteiger partial charge in [0.2, 0.25) is 0 Å². The second-order valence-corrected chi connectivity index (χ2v) is 9.95. The van der Waals surface area contributed by atoms with Gasteiger partial charge in [-0.25, -0.2) is 25.3 Å². The van der Waals surface area contributed by atoms with Gasteiger partial charge in [0.05, 0.1) is 33.1 Å². The van der Waals surface area contributed by atoms with E-state index in [-0.39, 0.29) is 88.2 Å². The van der Waals surface area contributed by atoms with Crippen molar-refractivity contribution >= 4 is 29.8 Å². The second-order valence-electron chi connectivity index (χ2n) is 4.05. The van der Waals surface area contributed by atoms with Crippen LogP contribution in [0.3, 0.4) is 0 Å². The predicted octanol–water partition coefficient (Wildman–Crippen LogP) is -4.51. The molecule has 0 aromatic rings. The first-order valence-electron chi connectivity index (χ1n) is 5.67. The van der Waals surface area contributed by atoms with Gasteiger partial charge in [-0.1, -0.05) is 6.58 Å². The molecule has 0 spiro atoms. The van der Waals surface area contributed by atoms with E-state index in [9.17, 15) is 29.8 Å². The van der Waals surface area contributed by atoms with Gasteiger partial charge in [-0.05, 0) is 6.42 Å². The smallest absolute Gasteiger partial charge is 0.748 e. The molecule has 120 valence electrons. The SMILES string of the molecule is C=CS(=O)(=O)CCCS(=O)(=O)CCNCCS(=O)(=O)[O-].[K+]. The Bertz CT molecular complexity index is 610. The Morgan fingerprint density at radius 2 is 1.43 bits per heavy atom. The number of hydrogen-bond acceptors (Lipinski definition) is 8. The van der Waals surface area contributed by atoms with Crippen LogP contribution in [-0.4, -0.2) is 65.9 Å². The second kappa shape index (κ2) is 10.8. The third-order valence-electron chi connectivity index (χ3n) is 2.26. The summed E-state index contributed by atoms with van der Waals surface area (Å²) in [6, 6.07) is 0. The number of rotatable bonds is 11. The Morgan fingerprint density at radius 1 is 0.905 bits per heavy atom. The van der Waals surface area contributed by atoms with Crippen molar-refractivity contribution in [3.05, 3.63) is 12.0 Å². The maximum atomic E-state index is 11.5. The van der Waals surface area contributed by atoms with E-state index in [4.69, 9.17) is 0 Å². The topological polar surface area (TPSA) is 138 Å². The largest absolute Gasteiger partial charge is 1.00 e. The van der Waals surface area contributed by atoms with Crippen LogP contribution < -0.4 is 56.7 Å². The van der Waals surface area contributed by atoms with E-state index in [1.807, 2.05) is 0 Å². The van der Waals surface area contributed by atoms with E-state index in [1.54, 1.807) is 0 Å². The molecule has 0 aromatic heterocycles. The Balaban J connectivity index is 0. The van der Waals surface area contributed by atoms with Crippen molar-refractivity contribution in [1.29, 1.82) is 0 Å². The molecule has 0 rings (SSSR count). The molecule has 0 aromatic carbocycles. The number of hydrogen-bond donors (Lipinski definition) is 1. The van der Waals surface area contributed by atoms with Gasteiger partial charge in [0.25, 0.3) is 0 Å². The van der Waals surface area contributed by atoms with E-state index in [1.165, 1.54) is 0 Å². The zero-order valence-electron chi connectivity index (χ0n) is 11.8. The van der Waals surface area contributed by atoms with Crippen molar-refractivity contribution < 1.29 is 81.2 Å². The summed E-state index contributed by atoms with van der Waals surface area (Å²) in [5.41, 5.74) is 0. The van der Waals surface area contributed by atoms with Crippen LogP contribution in [0.15, 0.2) is 12.0 Å². The van der Waals surface area contributed by atoms with Crippen molar-refractivity contribution in [2.75, 3.05) is 36.1 Å². The zero-order valence-corrected chi connectivity index (χ0v) is 17.4. The normalized spacial score (nSPS) is 12.6. The van der Waals surface area contributed by atoms with E-state index in [0.717, 1.165) is 5.41 Å². The molecule has 1 N–H and O–H groups in total. The summed E-state index contributed by atoms with van der Waals surface area (Å²) in [4.78, 5) is 0. The summed E-state index contributed by atoms with van der Waals surface area (Å²) in [6.07, 6.45) is -0.0222. The molecule has 0 atom stereocenters. The molecular formula is C9H18KNO7S3. The minimum absolute atomic E-state index is 0. The van der Waals surface area contributed by atoms with Gasteiger partial charge in [0.15, 0.2) is 19.7 Å². The van der Waals surface area contributed by atoms with Gasteiger partial charge >= 0.3 is 51.4 Å². The molecule has 0 aliphatic rings. The van der Waals surface area contributed by atoms with Crippen molar-refractivity contribution in [3.63, 3.8) is 0 Å². The summed E-state index contributed by atoms with van der Waals surface area (Å²) in [5, 5.41) is 3.31. The molecule has 0 unspecified atom stereocenters. The fourth-order valence-corrected chi connectivity index (χ4v) is 3.75. The molecule has 12 heteroatoms. The van der Waals surface area contributed by atoms with Gasteiger partial charge in [-0.3, -0.25) is 0 Å².